The van der Waals surface area contributed by atoms with E-state index in [-0.39, 0.29) is 27.8 Å². The van der Waals surface area contributed by atoms with Gasteiger partial charge >= 0.3 is 49.3 Å². The van der Waals surface area contributed by atoms with Gasteiger partial charge in [-0.25, -0.2) is 42.8 Å². The third kappa shape index (κ3) is 15.7. The predicted octanol–water partition coefficient (Wildman–Crippen LogP) is 2.18. The van der Waals surface area contributed by atoms with Crippen LogP contribution in [0.15, 0.2) is 63.7 Å². The maximum Gasteiger partial charge on any atom is 0.490 e. The first-order valence-electron chi connectivity index (χ1n) is 19.8. The molecule has 6 rings (SSSR count). The number of thioether (sulfide) groups is 2. The minimum atomic E-state index is -6.38. The number of imidazole rings is 1. The lowest BCUT2D eigenvalue weighted by Crippen LogP contribution is -2.41. The molecule has 71 heavy (non-hydrogen) atoms. The molecule has 3 aromatic heterocycles. The first kappa shape index (κ1) is 56.7. The summed E-state index contributed by atoms with van der Waals surface area (Å²) in [7, 11) is -24.7. The number of ether oxygens (including phenoxy) is 3. The lowest BCUT2D eigenvalue weighted by atomic mass is 10.1. The van der Waals surface area contributed by atoms with Gasteiger partial charge in [0.05, 0.1) is 26.0 Å². The van der Waals surface area contributed by atoms with Gasteiger partial charge in [0.1, 0.15) is 30.5 Å². The van der Waals surface area contributed by atoms with E-state index >= 15 is 0 Å². The van der Waals surface area contributed by atoms with Crippen molar-refractivity contribution in [3.8, 4) is 0 Å². The molecule has 2 aliphatic heterocycles. The van der Waals surface area contributed by atoms with E-state index in [1.165, 1.54) is 23.9 Å². The van der Waals surface area contributed by atoms with Crippen LogP contribution in [0.1, 0.15) is 18.9 Å². The molecule has 0 radical (unpaired) electrons. The van der Waals surface area contributed by atoms with E-state index in [0.29, 0.717) is 28.6 Å². The number of aromatic nitrogens is 6. The second-order valence-electron chi connectivity index (χ2n) is 14.5. The zero-order chi connectivity index (χ0) is 52.1. The largest absolute Gasteiger partial charge is 0.490 e. The van der Waals surface area contributed by atoms with Gasteiger partial charge in [-0.1, -0.05) is 30.0 Å². The highest BCUT2D eigenvalue weighted by Crippen LogP contribution is 2.71. The van der Waals surface area contributed by atoms with Gasteiger partial charge in [0, 0.05) is 36.0 Å². The Balaban J connectivity index is 1.05. The summed E-state index contributed by atoms with van der Waals surface area (Å²) in [4.78, 5) is 92.0. The number of amides is 1. The number of carbonyl (C=O) groups excluding carboxylic acids is 1. The number of hydrogen-bond donors (Lipinski definition) is 10. The molecule has 4 aromatic rings. The number of aromatic amines is 1. The lowest BCUT2D eigenvalue weighted by Gasteiger charge is -2.22. The van der Waals surface area contributed by atoms with Crippen LogP contribution in [0.3, 0.4) is 0 Å². The van der Waals surface area contributed by atoms with Crippen LogP contribution in [0.5, 0.6) is 0 Å². The summed E-state index contributed by atoms with van der Waals surface area (Å²) in [5.74, 6) is 0.231. The van der Waals surface area contributed by atoms with Gasteiger partial charge in [0.15, 0.2) is 40.7 Å². The lowest BCUT2D eigenvalue weighted by molar-refractivity contribution is -0.129. The van der Waals surface area contributed by atoms with Gasteiger partial charge in [-0.3, -0.25) is 33.3 Å². The molecule has 2 saturated heterocycles. The number of benzene rings is 1. The molecule has 0 spiro atoms. The van der Waals surface area contributed by atoms with E-state index in [1.807, 2.05) is 11.2 Å². The number of aliphatic hydroxyl groups is 3. The monoisotopic (exact) mass is 1130 g/mol. The number of halogens is 3. The van der Waals surface area contributed by atoms with Crippen molar-refractivity contribution in [2.75, 3.05) is 48.2 Å². The summed E-state index contributed by atoms with van der Waals surface area (Å²) in [6, 6.07) is 8.53. The number of carbonyl (C=O) groups is 1. The third-order valence-corrected chi connectivity index (χ3v) is 16.7. The second-order valence-corrected chi connectivity index (χ2v) is 22.8. The molecule has 30 nitrogen and oxygen atoms in total. The van der Waals surface area contributed by atoms with Gasteiger partial charge in [0.25, 0.3) is 5.56 Å². The minimum absolute atomic E-state index is 0.0705. The standard InChI is InChI=1S/C32H41F3N8O22P4S2/c1-70-12-9-36-25-20-26(41-29(40-25)71-11-8-32(33,34)35)43(15-37-20)27-23(47)21(45)17(60-27)13-58-66(50,51)63-68(54,55)65-69(56,57)64-67(52,53)59-14-18-22(46)24(62-31(49)38-16-5-3-2-4-6-16)28(61-18)42-10-7-19(44)39-30(42)48/h2-7,10,15,17-18,21-24,27-28,45-47H,8-9,11-14H2,1H3,(H,38,49)(H,50,51)(H,52,53)(H,54,55)(H,56,57)(H,36,40,41)(H,39,44,48)/t17-,18-,21-,22-,23-,24-,27-,28-/m1/s1. The van der Waals surface area contributed by atoms with Crippen molar-refractivity contribution < 1.29 is 107 Å². The average molecular weight is 1130 g/mol. The maximum atomic E-state index is 12.9. The zero-order valence-electron chi connectivity index (χ0n) is 35.7. The Morgan fingerprint density at radius 1 is 0.831 bits per heavy atom. The summed E-state index contributed by atoms with van der Waals surface area (Å²) < 4.78 is 128. The van der Waals surface area contributed by atoms with Gasteiger partial charge in [0.2, 0.25) is 0 Å². The Hall–Kier alpha value is -3.63. The SMILES string of the molecule is CSCCNc1nc(SCCC(F)(F)F)nc2c1ncn2[C@@H]1O[C@H](COP(=O)(O)OP(=O)(O)OP(=O)(O)OP(=O)(O)OC[C@H]2O[C@@H](n3ccc(=O)[nH]c3=O)[C@H](OC(=O)Nc3ccccc3)[C@@H]2O)[C@@H](O)[C@H]1O. The molecule has 1 aromatic carbocycles. The molecule has 0 aliphatic carbocycles. The van der Waals surface area contributed by atoms with E-state index < -0.39 is 129 Å². The Morgan fingerprint density at radius 2 is 1.44 bits per heavy atom. The normalized spacial score (nSPS) is 26.0. The highest BCUT2D eigenvalue weighted by molar-refractivity contribution is 7.99. The molecule has 0 bridgehead atoms. The number of para-hydroxylation sites is 1. The van der Waals surface area contributed by atoms with Crippen LogP contribution in [0.4, 0.5) is 29.5 Å². The molecule has 1 amide bonds. The van der Waals surface area contributed by atoms with E-state index in [2.05, 4.69) is 47.6 Å². The van der Waals surface area contributed by atoms with Crippen LogP contribution in [-0.2, 0) is 54.5 Å². The van der Waals surface area contributed by atoms with Crippen molar-refractivity contribution in [2.45, 2.75) is 66.8 Å². The number of nitrogens with one attached hydrogen (secondary N) is 3. The molecular weight excluding hydrogens is 1090 g/mol. The van der Waals surface area contributed by atoms with Gasteiger partial charge in [-0.05, 0) is 18.4 Å². The summed E-state index contributed by atoms with van der Waals surface area (Å²) >= 11 is 2.12. The predicted molar refractivity (Wildman–Crippen MR) is 236 cm³/mol. The Morgan fingerprint density at radius 3 is 2.04 bits per heavy atom. The molecule has 12 atom stereocenters. The highest BCUT2D eigenvalue weighted by atomic mass is 32.2. The van der Waals surface area contributed by atoms with Crippen molar-refractivity contribution in [1.82, 2.24) is 29.1 Å². The topological polar surface area (TPSA) is 423 Å². The maximum absolute atomic E-state index is 12.9. The molecule has 394 valence electrons. The number of aliphatic hydroxyl groups excluding tert-OH is 3. The van der Waals surface area contributed by atoms with Crippen molar-refractivity contribution in [3.05, 3.63) is 69.8 Å². The van der Waals surface area contributed by atoms with Crippen LogP contribution < -0.4 is 21.9 Å². The van der Waals surface area contributed by atoms with E-state index in [4.69, 9.17) is 14.2 Å². The molecule has 39 heteroatoms. The molecule has 0 saturated carbocycles. The van der Waals surface area contributed by atoms with Crippen molar-refractivity contribution in [3.63, 3.8) is 0 Å². The van der Waals surface area contributed by atoms with Crippen LogP contribution in [0.25, 0.3) is 11.2 Å². The zero-order valence-corrected chi connectivity index (χ0v) is 40.9. The van der Waals surface area contributed by atoms with E-state index in [1.54, 1.807) is 18.2 Å². The van der Waals surface area contributed by atoms with Gasteiger partial charge in [-0.15, -0.1) is 0 Å². The van der Waals surface area contributed by atoms with E-state index in [9.17, 15) is 80.7 Å². The van der Waals surface area contributed by atoms with Gasteiger partial charge < -0.3 is 54.4 Å². The van der Waals surface area contributed by atoms with Gasteiger partial charge in [-0.2, -0.15) is 37.9 Å². The Kier molecular flexibility index (Phi) is 18.6. The Labute approximate surface area is 403 Å². The number of anilines is 2. The summed E-state index contributed by atoms with van der Waals surface area (Å²) in [5, 5.41) is 37.8. The number of fused-ring (bicyclic) bond motifs is 1. The minimum Gasteiger partial charge on any atom is -0.438 e. The molecule has 10 N–H and O–H groups in total. The first-order valence-corrected chi connectivity index (χ1v) is 28.1. The fourth-order valence-electron chi connectivity index (χ4n) is 6.33. The molecule has 2 fully saturated rings. The van der Waals surface area contributed by atoms with Crippen molar-refractivity contribution >= 4 is 83.6 Å². The number of H-pyrrole nitrogens is 1. The number of phosphoric ester groups is 2. The molecular formula is C32H41F3N8O22P4S2. The fourth-order valence-corrected chi connectivity index (χ4v) is 12.4. The summed E-state index contributed by atoms with van der Waals surface area (Å²) in [6.45, 7) is -2.20. The number of hydrogen-bond acceptors (Lipinski definition) is 24. The molecule has 4 unspecified atom stereocenters. The van der Waals surface area contributed by atoms with E-state index in [0.717, 1.165) is 23.2 Å². The van der Waals surface area contributed by atoms with Crippen LogP contribution in [0.2, 0.25) is 0 Å². The smallest absolute Gasteiger partial charge is 0.438 e. The first-order chi connectivity index (χ1) is 33.2. The molecule has 5 heterocycles. The van der Waals surface area contributed by atoms with Crippen molar-refractivity contribution in [1.29, 1.82) is 0 Å². The quantitative estimate of drug-likeness (QED) is 0.0220. The number of rotatable bonds is 23. The fraction of sp³-hybridized carbons (Fsp3) is 0.500. The van der Waals surface area contributed by atoms with Crippen LogP contribution >= 0.6 is 54.8 Å². The van der Waals surface area contributed by atoms with Crippen molar-refractivity contribution in [2.24, 2.45) is 0 Å². The number of nitrogens with zero attached hydrogens (tertiary/aromatic N) is 5. The summed E-state index contributed by atoms with van der Waals surface area (Å²) in [5.41, 5.74) is -1.79. The summed E-state index contributed by atoms with van der Waals surface area (Å²) in [6.07, 6.45) is -17.8. The number of phosphoric acid groups is 4. The second kappa shape index (κ2) is 23.3. The Bertz CT molecular complexity index is 2840. The van der Waals surface area contributed by atoms with Crippen LogP contribution in [-0.4, -0.2) is 150 Å². The molecule has 2 aliphatic rings. The van der Waals surface area contributed by atoms with Crippen LogP contribution in [0, 0.1) is 0 Å². The highest BCUT2D eigenvalue weighted by Gasteiger charge is 2.51. The number of alkyl halides is 3. The average Bonchev–Trinajstić information content (AvgIpc) is 3.90. The third-order valence-electron chi connectivity index (χ3n) is 9.35.